The van der Waals surface area contributed by atoms with Gasteiger partial charge in [-0.15, -0.1) is 23.1 Å². The lowest BCUT2D eigenvalue weighted by Crippen LogP contribution is -2.19. The normalized spacial score (nSPS) is 11.4. The molecule has 0 spiro atoms. The molecule has 0 aliphatic carbocycles. The summed E-state index contributed by atoms with van der Waals surface area (Å²) in [6.07, 6.45) is 0.0594. The van der Waals surface area contributed by atoms with E-state index in [1.807, 2.05) is 73.7 Å². The number of aryl methyl sites for hydroxylation is 1. The fourth-order valence-electron chi connectivity index (χ4n) is 3.54. The van der Waals surface area contributed by atoms with Crippen LogP contribution in [0.3, 0.4) is 0 Å². The maximum Gasteiger partial charge on any atom is 0.311 e. The maximum atomic E-state index is 13.3. The molecule has 3 aromatic carbocycles. The van der Waals surface area contributed by atoms with E-state index in [4.69, 9.17) is 4.74 Å². The minimum atomic E-state index is -0.540. The quantitative estimate of drug-likeness (QED) is 0.180. The highest BCUT2D eigenvalue weighted by Gasteiger charge is 2.23. The molecule has 1 aromatic heterocycles. The number of thioether (sulfide) groups is 1. The third kappa shape index (κ3) is 7.53. The van der Waals surface area contributed by atoms with Gasteiger partial charge in [0.25, 0.3) is 5.91 Å². The number of carbonyl (C=O) groups excluding carboxylic acids is 3. The summed E-state index contributed by atoms with van der Waals surface area (Å²) in [7, 11) is 0. The predicted molar refractivity (Wildman–Crippen MR) is 152 cm³/mol. The number of thiazole rings is 1. The Bertz CT molecular complexity index is 1390. The van der Waals surface area contributed by atoms with Gasteiger partial charge in [-0.25, -0.2) is 4.98 Å². The zero-order valence-electron chi connectivity index (χ0n) is 21.0. The Hall–Kier alpha value is -3.95. The average Bonchev–Trinajstić information content (AvgIpc) is 3.35. The molecule has 2 amide bonds. The Morgan fingerprint density at radius 1 is 0.947 bits per heavy atom. The Morgan fingerprint density at radius 2 is 1.66 bits per heavy atom. The molecule has 194 valence electrons. The number of nitrogens with one attached hydrogen (secondary N) is 2. The van der Waals surface area contributed by atoms with Crippen LogP contribution in [0.2, 0.25) is 0 Å². The number of nitrogens with zero attached hydrogens (tertiary/aromatic N) is 1. The monoisotopic (exact) mass is 545 g/mol. The number of benzene rings is 3. The Balaban J connectivity index is 1.44. The van der Waals surface area contributed by atoms with Crippen molar-refractivity contribution < 1.29 is 19.1 Å². The zero-order chi connectivity index (χ0) is 26.9. The van der Waals surface area contributed by atoms with Crippen LogP contribution in [0, 0.1) is 6.92 Å². The van der Waals surface area contributed by atoms with Crippen LogP contribution < -0.4 is 10.6 Å². The minimum absolute atomic E-state index is 0.0594. The molecule has 4 aromatic rings. The van der Waals surface area contributed by atoms with Crippen LogP contribution in [0.5, 0.6) is 0 Å². The molecule has 1 atom stereocenters. The van der Waals surface area contributed by atoms with Gasteiger partial charge in [0.1, 0.15) is 5.25 Å². The third-order valence-corrected chi connectivity index (χ3v) is 7.51. The number of esters is 1. The van der Waals surface area contributed by atoms with E-state index in [2.05, 4.69) is 15.6 Å². The van der Waals surface area contributed by atoms with Gasteiger partial charge >= 0.3 is 5.97 Å². The van der Waals surface area contributed by atoms with Gasteiger partial charge < -0.3 is 15.4 Å². The third-order valence-electron chi connectivity index (χ3n) is 5.43. The standard InChI is InChI=1S/C29H27N3O4S2/c1-3-36-25(33)17-23-18-37-29(31-23)32-28(35)26(20-7-5-4-6-8-20)38-24-15-13-22(14-16-24)30-27(34)21-11-9-19(2)10-12-21/h4-16,18,26H,3,17H2,1-2H3,(H,30,34)(H,31,32,35). The zero-order valence-corrected chi connectivity index (χ0v) is 22.6. The summed E-state index contributed by atoms with van der Waals surface area (Å²) in [6, 6.07) is 24.3. The highest BCUT2D eigenvalue weighted by atomic mass is 32.2. The molecule has 0 aliphatic heterocycles. The van der Waals surface area contributed by atoms with Crippen LogP contribution in [-0.2, 0) is 20.7 Å². The van der Waals surface area contributed by atoms with Crippen LogP contribution in [0.25, 0.3) is 0 Å². The van der Waals surface area contributed by atoms with Crippen molar-refractivity contribution in [2.75, 3.05) is 17.2 Å². The first-order valence-electron chi connectivity index (χ1n) is 12.0. The van der Waals surface area contributed by atoms with E-state index in [0.29, 0.717) is 28.7 Å². The van der Waals surface area contributed by atoms with E-state index < -0.39 is 5.25 Å². The molecule has 38 heavy (non-hydrogen) atoms. The lowest BCUT2D eigenvalue weighted by atomic mass is 10.1. The van der Waals surface area contributed by atoms with Crippen molar-refractivity contribution in [1.82, 2.24) is 4.98 Å². The first-order chi connectivity index (χ1) is 18.4. The van der Waals surface area contributed by atoms with E-state index in [1.54, 1.807) is 24.4 Å². The fraction of sp³-hybridized carbons (Fsp3) is 0.172. The topological polar surface area (TPSA) is 97.4 Å². The summed E-state index contributed by atoms with van der Waals surface area (Å²) in [5.41, 5.74) is 3.73. The number of rotatable bonds is 10. The molecule has 1 heterocycles. The predicted octanol–water partition coefficient (Wildman–Crippen LogP) is 6.28. The van der Waals surface area contributed by atoms with Crippen LogP contribution in [0.4, 0.5) is 10.8 Å². The summed E-state index contributed by atoms with van der Waals surface area (Å²) < 4.78 is 4.97. The van der Waals surface area contributed by atoms with Gasteiger partial charge in [-0.2, -0.15) is 0 Å². The number of ether oxygens (including phenoxy) is 1. The molecule has 1 unspecified atom stereocenters. The van der Waals surface area contributed by atoms with Crippen molar-refractivity contribution in [3.05, 3.63) is 107 Å². The minimum Gasteiger partial charge on any atom is -0.466 e. The van der Waals surface area contributed by atoms with Gasteiger partial charge in [0, 0.05) is 21.5 Å². The van der Waals surface area contributed by atoms with E-state index in [0.717, 1.165) is 16.0 Å². The summed E-state index contributed by atoms with van der Waals surface area (Å²) in [5.74, 6) is -0.764. The lowest BCUT2D eigenvalue weighted by Gasteiger charge is -2.16. The van der Waals surface area contributed by atoms with Gasteiger partial charge in [-0.1, -0.05) is 48.0 Å². The van der Waals surface area contributed by atoms with Gasteiger partial charge in [-0.05, 0) is 55.8 Å². The van der Waals surface area contributed by atoms with Crippen LogP contribution in [-0.4, -0.2) is 29.4 Å². The molecule has 4 rings (SSSR count). The van der Waals surface area contributed by atoms with E-state index in [-0.39, 0.29) is 24.2 Å². The van der Waals surface area contributed by atoms with Crippen molar-refractivity contribution in [2.24, 2.45) is 0 Å². The highest BCUT2D eigenvalue weighted by molar-refractivity contribution is 8.00. The van der Waals surface area contributed by atoms with Crippen LogP contribution in [0.15, 0.2) is 89.1 Å². The molecule has 7 nitrogen and oxygen atoms in total. The second-order valence-electron chi connectivity index (χ2n) is 8.37. The summed E-state index contributed by atoms with van der Waals surface area (Å²) in [4.78, 5) is 42.8. The van der Waals surface area contributed by atoms with Gasteiger partial charge in [0.15, 0.2) is 5.13 Å². The second kappa shape index (κ2) is 13.0. The summed E-state index contributed by atoms with van der Waals surface area (Å²) in [6.45, 7) is 4.03. The maximum absolute atomic E-state index is 13.3. The van der Waals surface area contributed by atoms with Crippen molar-refractivity contribution in [1.29, 1.82) is 0 Å². The highest BCUT2D eigenvalue weighted by Crippen LogP contribution is 2.37. The fourth-order valence-corrected chi connectivity index (χ4v) is 5.28. The molecule has 0 bridgehead atoms. The molecule has 0 saturated carbocycles. The Morgan fingerprint density at radius 3 is 2.34 bits per heavy atom. The number of amides is 2. The Kier molecular flexibility index (Phi) is 9.29. The molecule has 9 heteroatoms. The number of hydrogen-bond donors (Lipinski definition) is 2. The Labute approximate surface area is 229 Å². The molecule has 0 saturated heterocycles. The van der Waals surface area contributed by atoms with E-state index in [1.165, 1.54) is 23.1 Å². The first kappa shape index (κ1) is 27.1. The van der Waals surface area contributed by atoms with Crippen LogP contribution >= 0.6 is 23.1 Å². The van der Waals surface area contributed by atoms with Crippen molar-refractivity contribution in [3.8, 4) is 0 Å². The van der Waals surface area contributed by atoms with E-state index >= 15 is 0 Å². The van der Waals surface area contributed by atoms with Gasteiger partial charge in [0.05, 0.1) is 18.7 Å². The number of anilines is 2. The van der Waals surface area contributed by atoms with Crippen molar-refractivity contribution >= 4 is 51.7 Å². The van der Waals surface area contributed by atoms with Crippen molar-refractivity contribution in [2.45, 2.75) is 30.4 Å². The van der Waals surface area contributed by atoms with Crippen molar-refractivity contribution in [3.63, 3.8) is 0 Å². The first-order valence-corrected chi connectivity index (χ1v) is 13.8. The van der Waals surface area contributed by atoms with Gasteiger partial charge in [-0.3, -0.25) is 14.4 Å². The SMILES string of the molecule is CCOC(=O)Cc1csc(NC(=O)C(Sc2ccc(NC(=O)c3ccc(C)cc3)cc2)c2ccccc2)n1. The second-order valence-corrected chi connectivity index (χ2v) is 10.4. The molecule has 2 N–H and O–H groups in total. The van der Waals surface area contributed by atoms with Gasteiger partial charge in [0.2, 0.25) is 5.91 Å². The molecular formula is C29H27N3O4S2. The number of carbonyl (C=O) groups is 3. The summed E-state index contributed by atoms with van der Waals surface area (Å²) in [5, 5.41) is 7.40. The summed E-state index contributed by atoms with van der Waals surface area (Å²) >= 11 is 2.66. The molecule has 0 fully saturated rings. The molecule has 0 radical (unpaired) electrons. The average molecular weight is 546 g/mol. The largest absolute Gasteiger partial charge is 0.466 e. The lowest BCUT2D eigenvalue weighted by molar-refractivity contribution is -0.142. The molecule has 0 aliphatic rings. The van der Waals surface area contributed by atoms with Crippen LogP contribution in [0.1, 0.15) is 39.4 Å². The smallest absolute Gasteiger partial charge is 0.311 e. The number of hydrogen-bond acceptors (Lipinski definition) is 7. The number of aromatic nitrogens is 1. The van der Waals surface area contributed by atoms with E-state index in [9.17, 15) is 14.4 Å². The molecular weight excluding hydrogens is 518 g/mol.